The van der Waals surface area contributed by atoms with Gasteiger partial charge < -0.3 is 20.3 Å². The summed E-state index contributed by atoms with van der Waals surface area (Å²) in [4.78, 5) is 15.2. The number of morpholine rings is 1. The van der Waals surface area contributed by atoms with E-state index in [-0.39, 0.29) is 35.6 Å². The number of hydrogen-bond donors (Lipinski definition) is 3. The molecule has 1 aliphatic heterocycles. The molecule has 3 N–H and O–H groups in total. The fourth-order valence-corrected chi connectivity index (χ4v) is 5.24. The minimum atomic E-state index is -0.755. The zero-order valence-corrected chi connectivity index (χ0v) is 15.8. The Balaban J connectivity index is 1.46. The number of nitrogens with zero attached hydrogens (tertiary/aromatic N) is 1. The van der Waals surface area contributed by atoms with Gasteiger partial charge in [0.2, 0.25) is 5.91 Å². The maximum Gasteiger partial charge on any atom is 0.224 e. The number of ether oxygens (including phenoxy) is 1. The summed E-state index contributed by atoms with van der Waals surface area (Å²) >= 11 is 0. The summed E-state index contributed by atoms with van der Waals surface area (Å²) in [6, 6.07) is 9.94. The van der Waals surface area contributed by atoms with Crippen molar-refractivity contribution >= 4 is 5.91 Å². The largest absolute Gasteiger partial charge is 0.390 e. The van der Waals surface area contributed by atoms with Gasteiger partial charge in [0, 0.05) is 43.4 Å². The van der Waals surface area contributed by atoms with Crippen molar-refractivity contribution in [1.29, 1.82) is 0 Å². The van der Waals surface area contributed by atoms with Gasteiger partial charge in [-0.15, -0.1) is 0 Å². The maximum absolute atomic E-state index is 12.9. The van der Waals surface area contributed by atoms with E-state index in [0.717, 1.165) is 44.8 Å². The van der Waals surface area contributed by atoms with Crippen LogP contribution in [0.4, 0.5) is 0 Å². The SMILES string of the molecule is CC(CN1CCOCC1)C(=O)N[C@H]1[C@@H]2C[C@@H]([C@@H](O)[C@H]2O)[C@@H]1c1ccccc1. The van der Waals surface area contributed by atoms with Gasteiger partial charge in [0.1, 0.15) is 0 Å². The summed E-state index contributed by atoms with van der Waals surface area (Å²) in [5.74, 6) is -0.140. The smallest absolute Gasteiger partial charge is 0.224 e. The predicted octanol–water partition coefficient (Wildman–Crippen LogP) is 0.595. The molecule has 1 saturated heterocycles. The van der Waals surface area contributed by atoms with Crippen LogP contribution in [0.5, 0.6) is 0 Å². The first-order valence-electron chi connectivity index (χ1n) is 10.1. The predicted molar refractivity (Wildman–Crippen MR) is 101 cm³/mol. The molecule has 2 saturated carbocycles. The second-order valence-corrected chi connectivity index (χ2v) is 8.33. The molecule has 148 valence electrons. The molecule has 1 heterocycles. The quantitative estimate of drug-likeness (QED) is 0.703. The third kappa shape index (κ3) is 3.63. The molecule has 2 bridgehead atoms. The van der Waals surface area contributed by atoms with Crippen LogP contribution in [0.2, 0.25) is 0 Å². The number of carbonyl (C=O) groups is 1. The lowest BCUT2D eigenvalue weighted by molar-refractivity contribution is -0.127. The van der Waals surface area contributed by atoms with Crippen LogP contribution < -0.4 is 5.32 Å². The van der Waals surface area contributed by atoms with Gasteiger partial charge in [0.25, 0.3) is 0 Å². The van der Waals surface area contributed by atoms with Gasteiger partial charge in [-0.2, -0.15) is 0 Å². The summed E-state index contributed by atoms with van der Waals surface area (Å²) in [6.07, 6.45) is -0.709. The number of rotatable bonds is 5. The highest BCUT2D eigenvalue weighted by atomic mass is 16.5. The van der Waals surface area contributed by atoms with Crippen LogP contribution >= 0.6 is 0 Å². The number of aliphatic hydroxyl groups is 2. The van der Waals surface area contributed by atoms with Crippen LogP contribution in [0, 0.1) is 17.8 Å². The van der Waals surface area contributed by atoms with E-state index in [4.69, 9.17) is 4.74 Å². The Morgan fingerprint density at radius 3 is 2.56 bits per heavy atom. The molecule has 4 rings (SSSR count). The van der Waals surface area contributed by atoms with Crippen molar-refractivity contribution in [3.05, 3.63) is 35.9 Å². The highest BCUT2D eigenvalue weighted by molar-refractivity contribution is 5.79. The van der Waals surface area contributed by atoms with E-state index in [0.29, 0.717) is 0 Å². The van der Waals surface area contributed by atoms with Gasteiger partial charge in [-0.05, 0) is 17.9 Å². The Morgan fingerprint density at radius 2 is 1.85 bits per heavy atom. The van der Waals surface area contributed by atoms with E-state index in [1.807, 2.05) is 25.1 Å². The average Bonchev–Trinajstić information content (AvgIpc) is 3.19. The third-order valence-electron chi connectivity index (χ3n) is 6.66. The molecule has 1 amide bonds. The molecule has 2 aliphatic carbocycles. The number of benzene rings is 1. The minimum absolute atomic E-state index is 0.00718. The number of carbonyl (C=O) groups excluding carboxylic acids is 1. The normalized spacial score (nSPS) is 37.3. The Kier molecular flexibility index (Phi) is 5.50. The molecule has 0 spiro atoms. The third-order valence-corrected chi connectivity index (χ3v) is 6.66. The fourth-order valence-electron chi connectivity index (χ4n) is 5.24. The molecule has 0 aromatic heterocycles. The van der Waals surface area contributed by atoms with E-state index in [1.54, 1.807) is 0 Å². The molecule has 6 nitrogen and oxygen atoms in total. The van der Waals surface area contributed by atoms with Gasteiger partial charge in [0.15, 0.2) is 0 Å². The topological polar surface area (TPSA) is 82.0 Å². The minimum Gasteiger partial charge on any atom is -0.390 e. The molecule has 3 fully saturated rings. The van der Waals surface area contributed by atoms with Crippen LogP contribution in [0.1, 0.15) is 24.8 Å². The highest BCUT2D eigenvalue weighted by Gasteiger charge is 2.58. The zero-order chi connectivity index (χ0) is 19.0. The van der Waals surface area contributed by atoms with Gasteiger partial charge >= 0.3 is 0 Å². The molecule has 0 radical (unpaired) electrons. The van der Waals surface area contributed by atoms with Gasteiger partial charge in [0.05, 0.1) is 25.4 Å². The number of hydrogen-bond acceptors (Lipinski definition) is 5. The molecular formula is C21H30N2O4. The van der Waals surface area contributed by atoms with Gasteiger partial charge in [-0.3, -0.25) is 9.69 Å². The standard InChI is InChI=1S/C21H30N2O4/c1-13(12-23-7-9-27-10-8-23)21(26)22-18-16-11-15(19(24)20(16)25)17(18)14-5-3-2-4-6-14/h2-6,13,15-20,24-25H,7-12H2,1H3,(H,22,26)/t13?,15-,16+,17+,18+,19-,20+/m1/s1. The monoisotopic (exact) mass is 374 g/mol. The lowest BCUT2D eigenvalue weighted by Crippen LogP contribution is -2.53. The average molecular weight is 374 g/mol. The van der Waals surface area contributed by atoms with E-state index < -0.39 is 12.2 Å². The van der Waals surface area contributed by atoms with Crippen molar-refractivity contribution in [2.24, 2.45) is 17.8 Å². The Bertz CT molecular complexity index is 649. The van der Waals surface area contributed by atoms with Crippen molar-refractivity contribution in [2.45, 2.75) is 37.5 Å². The lowest BCUT2D eigenvalue weighted by Gasteiger charge is -2.38. The zero-order valence-electron chi connectivity index (χ0n) is 15.8. The van der Waals surface area contributed by atoms with E-state index in [9.17, 15) is 15.0 Å². The summed E-state index contributed by atoms with van der Waals surface area (Å²) in [5, 5.41) is 24.1. The summed E-state index contributed by atoms with van der Waals surface area (Å²) in [7, 11) is 0. The second kappa shape index (κ2) is 7.87. The van der Waals surface area contributed by atoms with Crippen molar-refractivity contribution in [1.82, 2.24) is 10.2 Å². The van der Waals surface area contributed by atoms with Crippen molar-refractivity contribution in [3.63, 3.8) is 0 Å². The maximum atomic E-state index is 12.9. The summed E-state index contributed by atoms with van der Waals surface area (Å²) < 4.78 is 5.37. The van der Waals surface area contributed by atoms with E-state index in [1.165, 1.54) is 0 Å². The molecule has 6 heteroatoms. The van der Waals surface area contributed by atoms with Crippen LogP contribution in [0.15, 0.2) is 30.3 Å². The van der Waals surface area contributed by atoms with Crippen LogP contribution in [0.3, 0.4) is 0 Å². The van der Waals surface area contributed by atoms with Crippen molar-refractivity contribution < 1.29 is 19.7 Å². The van der Waals surface area contributed by atoms with E-state index >= 15 is 0 Å². The summed E-state index contributed by atoms with van der Waals surface area (Å²) in [6.45, 7) is 5.85. The molecule has 7 atom stereocenters. The first kappa shape index (κ1) is 18.9. The van der Waals surface area contributed by atoms with Gasteiger partial charge in [-0.25, -0.2) is 0 Å². The van der Waals surface area contributed by atoms with Crippen LogP contribution in [-0.4, -0.2) is 72.1 Å². The number of amides is 1. The number of aliphatic hydroxyl groups excluding tert-OH is 2. The summed E-state index contributed by atoms with van der Waals surface area (Å²) in [5.41, 5.74) is 1.13. The Labute approximate surface area is 160 Å². The van der Waals surface area contributed by atoms with Crippen molar-refractivity contribution in [3.8, 4) is 0 Å². The molecule has 1 aromatic rings. The fraction of sp³-hybridized carbons (Fsp3) is 0.667. The number of nitrogens with one attached hydrogen (secondary N) is 1. The molecule has 27 heavy (non-hydrogen) atoms. The molecular weight excluding hydrogens is 344 g/mol. The van der Waals surface area contributed by atoms with E-state index in [2.05, 4.69) is 22.3 Å². The van der Waals surface area contributed by atoms with Crippen molar-refractivity contribution in [2.75, 3.05) is 32.8 Å². The lowest BCUT2D eigenvalue weighted by atomic mass is 9.77. The Morgan fingerprint density at radius 1 is 1.19 bits per heavy atom. The molecule has 3 aliphatic rings. The highest BCUT2D eigenvalue weighted by Crippen LogP contribution is 2.53. The number of fused-ring (bicyclic) bond motifs is 2. The van der Waals surface area contributed by atoms with Crippen LogP contribution in [-0.2, 0) is 9.53 Å². The molecule has 1 aromatic carbocycles. The Hall–Kier alpha value is -1.47. The first-order valence-corrected chi connectivity index (χ1v) is 10.1. The first-order chi connectivity index (χ1) is 13.1. The van der Waals surface area contributed by atoms with Crippen LogP contribution in [0.25, 0.3) is 0 Å². The van der Waals surface area contributed by atoms with Gasteiger partial charge in [-0.1, -0.05) is 37.3 Å². The second-order valence-electron chi connectivity index (χ2n) is 8.33. The molecule has 1 unspecified atom stereocenters.